The first-order valence-electron chi connectivity index (χ1n) is 10.9. The molecule has 4 aromatic rings. The normalized spacial score (nSPS) is 11.2. The molecule has 5 heteroatoms. The molecule has 0 unspecified atom stereocenters. The Bertz CT molecular complexity index is 1180. The molecule has 0 aliphatic heterocycles. The molecule has 5 nitrogen and oxygen atoms in total. The van der Waals surface area contributed by atoms with Gasteiger partial charge in [0.25, 0.3) is 5.91 Å². The highest BCUT2D eigenvalue weighted by Gasteiger charge is 2.12. The SMILES string of the molecule is COc1ccc2ccccc2c1/C=N\NC(=O)CN(Cc1ccccc1)Cc1ccccc1. The molecule has 0 fully saturated rings. The Morgan fingerprint density at radius 1 is 0.848 bits per heavy atom. The van der Waals surface area contributed by atoms with E-state index in [1.165, 1.54) is 0 Å². The van der Waals surface area contributed by atoms with E-state index >= 15 is 0 Å². The number of nitrogens with one attached hydrogen (secondary N) is 1. The zero-order valence-corrected chi connectivity index (χ0v) is 18.6. The van der Waals surface area contributed by atoms with Crippen molar-refractivity contribution < 1.29 is 9.53 Å². The second-order valence-corrected chi connectivity index (χ2v) is 7.81. The third-order valence-electron chi connectivity index (χ3n) is 5.40. The first-order chi connectivity index (χ1) is 16.2. The summed E-state index contributed by atoms with van der Waals surface area (Å²) in [7, 11) is 1.63. The number of hydrogen-bond acceptors (Lipinski definition) is 4. The number of carbonyl (C=O) groups is 1. The van der Waals surface area contributed by atoms with Crippen molar-refractivity contribution in [3.05, 3.63) is 114 Å². The lowest BCUT2D eigenvalue weighted by atomic mass is 10.0. The highest BCUT2D eigenvalue weighted by Crippen LogP contribution is 2.26. The second kappa shape index (κ2) is 11.1. The number of hydrazone groups is 1. The van der Waals surface area contributed by atoms with Gasteiger partial charge in [-0.15, -0.1) is 0 Å². The lowest BCUT2D eigenvalue weighted by Crippen LogP contribution is -2.34. The van der Waals surface area contributed by atoms with Gasteiger partial charge in [-0.1, -0.05) is 91.0 Å². The summed E-state index contributed by atoms with van der Waals surface area (Å²) in [4.78, 5) is 14.8. The maximum Gasteiger partial charge on any atom is 0.254 e. The molecule has 4 aromatic carbocycles. The number of amides is 1. The second-order valence-electron chi connectivity index (χ2n) is 7.81. The molecule has 0 saturated carbocycles. The molecule has 33 heavy (non-hydrogen) atoms. The molecule has 0 radical (unpaired) electrons. The molecule has 0 aliphatic rings. The summed E-state index contributed by atoms with van der Waals surface area (Å²) in [5.41, 5.74) is 5.83. The fourth-order valence-corrected chi connectivity index (χ4v) is 3.84. The first-order valence-corrected chi connectivity index (χ1v) is 10.9. The highest BCUT2D eigenvalue weighted by molar-refractivity contribution is 6.02. The van der Waals surface area contributed by atoms with Crippen LogP contribution in [0.25, 0.3) is 10.8 Å². The van der Waals surface area contributed by atoms with Crippen molar-refractivity contribution in [2.24, 2.45) is 5.10 Å². The summed E-state index contributed by atoms with van der Waals surface area (Å²) in [6.45, 7) is 1.57. The summed E-state index contributed by atoms with van der Waals surface area (Å²) in [5.74, 6) is 0.541. The standard InChI is InChI=1S/C28H27N3O2/c1-33-27-17-16-24-14-8-9-15-25(24)26(27)18-29-30-28(32)21-31(19-22-10-4-2-5-11-22)20-23-12-6-3-7-13-23/h2-18H,19-21H2,1H3,(H,30,32)/b29-18-. The van der Waals surface area contributed by atoms with E-state index in [0.717, 1.165) is 27.5 Å². The smallest absolute Gasteiger partial charge is 0.254 e. The monoisotopic (exact) mass is 437 g/mol. The summed E-state index contributed by atoms with van der Waals surface area (Å²) in [5, 5.41) is 6.34. The number of benzene rings is 4. The van der Waals surface area contributed by atoms with Crippen LogP contribution in [0.4, 0.5) is 0 Å². The quantitative estimate of drug-likeness (QED) is 0.296. The average molecular weight is 438 g/mol. The van der Waals surface area contributed by atoms with Crippen LogP contribution in [0.5, 0.6) is 5.75 Å². The number of nitrogens with zero attached hydrogens (tertiary/aromatic N) is 2. The van der Waals surface area contributed by atoms with Crippen molar-refractivity contribution in [3.8, 4) is 5.75 Å². The molecule has 0 atom stereocenters. The minimum Gasteiger partial charge on any atom is -0.496 e. The van der Waals surface area contributed by atoms with E-state index in [1.54, 1.807) is 13.3 Å². The van der Waals surface area contributed by atoms with Crippen LogP contribution in [0.1, 0.15) is 16.7 Å². The van der Waals surface area contributed by atoms with Crippen LogP contribution in [0.3, 0.4) is 0 Å². The average Bonchev–Trinajstić information content (AvgIpc) is 2.85. The Morgan fingerprint density at radius 2 is 1.45 bits per heavy atom. The van der Waals surface area contributed by atoms with Crippen molar-refractivity contribution in [2.75, 3.05) is 13.7 Å². The van der Waals surface area contributed by atoms with E-state index < -0.39 is 0 Å². The maximum absolute atomic E-state index is 12.7. The predicted molar refractivity (Wildman–Crippen MR) is 133 cm³/mol. The Hall–Kier alpha value is -3.96. The summed E-state index contributed by atoms with van der Waals surface area (Å²) in [6.07, 6.45) is 1.65. The maximum atomic E-state index is 12.7. The third kappa shape index (κ3) is 6.05. The van der Waals surface area contributed by atoms with Crippen LogP contribution in [0, 0.1) is 0 Å². The first kappa shape index (κ1) is 22.2. The van der Waals surface area contributed by atoms with Gasteiger partial charge in [0.05, 0.1) is 19.9 Å². The van der Waals surface area contributed by atoms with E-state index in [9.17, 15) is 4.79 Å². The molecule has 0 aliphatic carbocycles. The lowest BCUT2D eigenvalue weighted by Gasteiger charge is -2.21. The van der Waals surface area contributed by atoms with Crippen molar-refractivity contribution in [1.29, 1.82) is 0 Å². The third-order valence-corrected chi connectivity index (χ3v) is 5.40. The van der Waals surface area contributed by atoms with Crippen LogP contribution >= 0.6 is 0 Å². The fourth-order valence-electron chi connectivity index (χ4n) is 3.84. The number of hydrogen-bond donors (Lipinski definition) is 1. The molecule has 1 N–H and O–H groups in total. The van der Waals surface area contributed by atoms with E-state index in [-0.39, 0.29) is 12.5 Å². The van der Waals surface area contributed by atoms with Crippen molar-refractivity contribution in [2.45, 2.75) is 13.1 Å². The lowest BCUT2D eigenvalue weighted by molar-refractivity contribution is -0.122. The van der Waals surface area contributed by atoms with Gasteiger partial charge in [-0.05, 0) is 28.0 Å². The molecule has 166 valence electrons. The van der Waals surface area contributed by atoms with Gasteiger partial charge < -0.3 is 4.74 Å². The molecule has 0 saturated heterocycles. The molecular weight excluding hydrogens is 410 g/mol. The van der Waals surface area contributed by atoms with E-state index in [0.29, 0.717) is 18.8 Å². The van der Waals surface area contributed by atoms with Crippen LogP contribution in [0.15, 0.2) is 102 Å². The molecule has 0 bridgehead atoms. The number of rotatable bonds is 9. The minimum absolute atomic E-state index is 0.169. The van der Waals surface area contributed by atoms with Gasteiger partial charge in [0.15, 0.2) is 0 Å². The number of ether oxygens (including phenoxy) is 1. The minimum atomic E-state index is -0.169. The largest absolute Gasteiger partial charge is 0.496 e. The Morgan fingerprint density at radius 3 is 2.09 bits per heavy atom. The molecule has 0 aromatic heterocycles. The number of carbonyl (C=O) groups excluding carboxylic acids is 1. The molecule has 0 heterocycles. The van der Waals surface area contributed by atoms with Crippen LogP contribution in [-0.2, 0) is 17.9 Å². The topological polar surface area (TPSA) is 53.9 Å². The van der Waals surface area contributed by atoms with E-state index in [1.807, 2.05) is 72.8 Å². The fraction of sp³-hybridized carbons (Fsp3) is 0.143. The van der Waals surface area contributed by atoms with Gasteiger partial charge in [0, 0.05) is 18.7 Å². The van der Waals surface area contributed by atoms with E-state index in [4.69, 9.17) is 4.74 Å². The van der Waals surface area contributed by atoms with Crippen molar-refractivity contribution in [1.82, 2.24) is 10.3 Å². The summed E-state index contributed by atoms with van der Waals surface area (Å²) < 4.78 is 5.50. The number of methoxy groups -OCH3 is 1. The van der Waals surface area contributed by atoms with Crippen LogP contribution < -0.4 is 10.2 Å². The zero-order chi connectivity index (χ0) is 22.9. The van der Waals surface area contributed by atoms with Gasteiger partial charge in [0.2, 0.25) is 0 Å². The van der Waals surface area contributed by atoms with Crippen molar-refractivity contribution >= 4 is 22.9 Å². The molecular formula is C28H27N3O2. The molecule has 4 rings (SSSR count). The summed E-state index contributed by atoms with van der Waals surface area (Å²) >= 11 is 0. The van der Waals surface area contributed by atoms with Crippen LogP contribution in [0.2, 0.25) is 0 Å². The Labute approximate surface area is 194 Å². The number of fused-ring (bicyclic) bond motifs is 1. The molecule has 0 spiro atoms. The van der Waals surface area contributed by atoms with Gasteiger partial charge in [0.1, 0.15) is 5.75 Å². The van der Waals surface area contributed by atoms with Gasteiger partial charge in [-0.3, -0.25) is 9.69 Å². The Kier molecular flexibility index (Phi) is 7.46. The van der Waals surface area contributed by atoms with Crippen LogP contribution in [-0.4, -0.2) is 30.7 Å². The van der Waals surface area contributed by atoms with Crippen molar-refractivity contribution in [3.63, 3.8) is 0 Å². The van der Waals surface area contributed by atoms with Gasteiger partial charge in [-0.25, -0.2) is 5.43 Å². The predicted octanol–water partition coefficient (Wildman–Crippen LogP) is 5.00. The van der Waals surface area contributed by atoms with Gasteiger partial charge in [-0.2, -0.15) is 5.10 Å². The van der Waals surface area contributed by atoms with Gasteiger partial charge >= 0.3 is 0 Å². The summed E-state index contributed by atoms with van der Waals surface area (Å²) in [6, 6.07) is 32.3. The Balaban J connectivity index is 1.46. The zero-order valence-electron chi connectivity index (χ0n) is 18.6. The highest BCUT2D eigenvalue weighted by atomic mass is 16.5. The van der Waals surface area contributed by atoms with E-state index in [2.05, 4.69) is 39.7 Å². The molecule has 1 amide bonds.